The Morgan fingerprint density at radius 3 is 2.83 bits per heavy atom. The van der Waals surface area contributed by atoms with Crippen LogP contribution in [0.4, 0.5) is 5.69 Å². The van der Waals surface area contributed by atoms with E-state index in [0.717, 1.165) is 17.9 Å². The van der Waals surface area contributed by atoms with E-state index < -0.39 is 0 Å². The van der Waals surface area contributed by atoms with E-state index in [-0.39, 0.29) is 17.7 Å². The molecule has 0 radical (unpaired) electrons. The maximum atomic E-state index is 12.4. The third-order valence-corrected chi connectivity index (χ3v) is 7.30. The number of thioether (sulfide) groups is 2. The number of furan rings is 1. The SMILES string of the molecule is O=C(Nc1cccc(C2SCCCS2)c1)[C@@H]1C[C@H]1c1ccco1. The van der Waals surface area contributed by atoms with Crippen molar-refractivity contribution in [2.24, 2.45) is 5.92 Å². The number of amides is 1. The Labute approximate surface area is 144 Å². The molecule has 1 saturated heterocycles. The van der Waals surface area contributed by atoms with E-state index in [0.29, 0.717) is 4.58 Å². The lowest BCUT2D eigenvalue weighted by atomic mass is 10.2. The third kappa shape index (κ3) is 3.45. The highest BCUT2D eigenvalue weighted by Crippen LogP contribution is 2.48. The van der Waals surface area contributed by atoms with Gasteiger partial charge in [-0.25, -0.2) is 0 Å². The number of hydrogen-bond donors (Lipinski definition) is 1. The van der Waals surface area contributed by atoms with Crippen molar-refractivity contribution < 1.29 is 9.21 Å². The summed E-state index contributed by atoms with van der Waals surface area (Å²) >= 11 is 4.00. The Kier molecular flexibility index (Phi) is 4.40. The van der Waals surface area contributed by atoms with Crippen LogP contribution < -0.4 is 5.32 Å². The Morgan fingerprint density at radius 2 is 2.04 bits per heavy atom. The molecule has 1 N–H and O–H groups in total. The number of carbonyl (C=O) groups is 1. The van der Waals surface area contributed by atoms with Gasteiger partial charge in [-0.2, -0.15) is 0 Å². The Hall–Kier alpha value is -1.33. The molecule has 2 aliphatic rings. The third-order valence-electron chi connectivity index (χ3n) is 4.29. The maximum absolute atomic E-state index is 12.4. The second kappa shape index (κ2) is 6.65. The van der Waals surface area contributed by atoms with Crippen molar-refractivity contribution in [1.29, 1.82) is 0 Å². The topological polar surface area (TPSA) is 42.2 Å². The van der Waals surface area contributed by atoms with Gasteiger partial charge in [-0.15, -0.1) is 23.5 Å². The predicted molar refractivity (Wildman–Crippen MR) is 96.9 cm³/mol. The molecule has 0 spiro atoms. The van der Waals surface area contributed by atoms with Crippen molar-refractivity contribution in [2.45, 2.75) is 23.3 Å². The molecule has 1 aromatic carbocycles. The Morgan fingerprint density at radius 1 is 1.17 bits per heavy atom. The molecular weight excluding hydrogens is 326 g/mol. The molecule has 1 saturated carbocycles. The normalized spacial score (nSPS) is 24.3. The predicted octanol–water partition coefficient (Wildman–Crippen LogP) is 4.89. The monoisotopic (exact) mass is 345 g/mol. The van der Waals surface area contributed by atoms with Gasteiger partial charge in [0, 0.05) is 17.5 Å². The van der Waals surface area contributed by atoms with Crippen LogP contribution in [0.2, 0.25) is 0 Å². The summed E-state index contributed by atoms with van der Waals surface area (Å²) in [5, 5.41) is 3.08. The largest absolute Gasteiger partial charge is 0.469 e. The van der Waals surface area contributed by atoms with Gasteiger partial charge in [-0.1, -0.05) is 12.1 Å². The average molecular weight is 345 g/mol. The summed E-state index contributed by atoms with van der Waals surface area (Å²) in [6.45, 7) is 0. The first-order valence-corrected chi connectivity index (χ1v) is 10.1. The molecule has 2 atom stereocenters. The summed E-state index contributed by atoms with van der Waals surface area (Å²) in [4.78, 5) is 12.4. The molecular formula is C18H19NO2S2. The van der Waals surface area contributed by atoms with Gasteiger partial charge in [0.2, 0.25) is 5.91 Å². The molecule has 1 aliphatic heterocycles. The first-order chi connectivity index (χ1) is 11.3. The minimum Gasteiger partial charge on any atom is -0.469 e. The molecule has 2 heterocycles. The van der Waals surface area contributed by atoms with Crippen molar-refractivity contribution >= 4 is 35.1 Å². The molecule has 1 amide bonds. The first-order valence-electron chi connectivity index (χ1n) is 7.99. The lowest BCUT2D eigenvalue weighted by Gasteiger charge is -2.21. The second-order valence-corrected chi connectivity index (χ2v) is 8.73. The van der Waals surface area contributed by atoms with E-state index in [1.165, 1.54) is 23.5 Å². The number of anilines is 1. The van der Waals surface area contributed by atoms with E-state index in [4.69, 9.17) is 4.42 Å². The smallest absolute Gasteiger partial charge is 0.228 e. The summed E-state index contributed by atoms with van der Waals surface area (Å²) in [6.07, 6.45) is 3.84. The van der Waals surface area contributed by atoms with Crippen LogP contribution in [0, 0.1) is 5.92 Å². The van der Waals surface area contributed by atoms with Gasteiger partial charge in [-0.05, 0) is 54.2 Å². The molecule has 5 heteroatoms. The Bertz CT molecular complexity index is 680. The molecule has 0 bridgehead atoms. The molecule has 3 nitrogen and oxygen atoms in total. The number of rotatable bonds is 4. The summed E-state index contributed by atoms with van der Waals surface area (Å²) in [6, 6.07) is 12.1. The van der Waals surface area contributed by atoms with Crippen molar-refractivity contribution in [3.05, 3.63) is 54.0 Å². The van der Waals surface area contributed by atoms with E-state index in [2.05, 4.69) is 17.4 Å². The molecule has 23 heavy (non-hydrogen) atoms. The summed E-state index contributed by atoms with van der Waals surface area (Å²) in [7, 11) is 0. The van der Waals surface area contributed by atoms with E-state index >= 15 is 0 Å². The zero-order chi connectivity index (χ0) is 15.6. The van der Waals surface area contributed by atoms with E-state index in [1.54, 1.807) is 6.26 Å². The van der Waals surface area contributed by atoms with Crippen LogP contribution in [0.5, 0.6) is 0 Å². The van der Waals surface area contributed by atoms with Gasteiger partial charge < -0.3 is 9.73 Å². The lowest BCUT2D eigenvalue weighted by molar-refractivity contribution is -0.117. The second-order valence-electron chi connectivity index (χ2n) is 6.01. The maximum Gasteiger partial charge on any atom is 0.228 e. The minimum atomic E-state index is 0.0447. The van der Waals surface area contributed by atoms with Gasteiger partial charge in [-0.3, -0.25) is 4.79 Å². The molecule has 120 valence electrons. The Balaban J connectivity index is 1.40. The van der Waals surface area contributed by atoms with Gasteiger partial charge in [0.05, 0.1) is 10.8 Å². The fourth-order valence-corrected chi connectivity index (χ4v) is 5.85. The van der Waals surface area contributed by atoms with Gasteiger partial charge in [0.25, 0.3) is 0 Å². The lowest BCUT2D eigenvalue weighted by Crippen LogP contribution is -2.14. The van der Waals surface area contributed by atoms with Crippen LogP contribution in [0.15, 0.2) is 47.1 Å². The highest BCUT2D eigenvalue weighted by Gasteiger charge is 2.45. The fraction of sp³-hybridized carbons (Fsp3) is 0.389. The van der Waals surface area contributed by atoms with Gasteiger partial charge in [0.15, 0.2) is 0 Å². The van der Waals surface area contributed by atoms with Crippen LogP contribution >= 0.6 is 23.5 Å². The van der Waals surface area contributed by atoms with Crippen molar-refractivity contribution in [2.75, 3.05) is 16.8 Å². The zero-order valence-electron chi connectivity index (χ0n) is 12.7. The number of nitrogens with one attached hydrogen (secondary N) is 1. The molecule has 0 unspecified atom stereocenters. The standard InChI is InChI=1S/C18H19NO2S2/c20-17(15-11-14(15)16-6-2-7-21-16)19-13-5-1-4-12(10-13)18-22-8-3-9-23-18/h1-2,4-7,10,14-15,18H,3,8-9,11H2,(H,19,20)/t14-,15-/m1/s1. The highest BCUT2D eigenvalue weighted by atomic mass is 32.2. The number of benzene rings is 1. The van der Waals surface area contributed by atoms with Crippen molar-refractivity contribution in [1.82, 2.24) is 0 Å². The number of carbonyl (C=O) groups excluding carboxylic acids is 1. The summed E-state index contributed by atoms with van der Waals surface area (Å²) < 4.78 is 5.90. The van der Waals surface area contributed by atoms with Crippen LogP contribution in [0.3, 0.4) is 0 Å². The fourth-order valence-electron chi connectivity index (χ4n) is 2.98. The van der Waals surface area contributed by atoms with Crippen LogP contribution in [0.25, 0.3) is 0 Å². The molecule has 2 fully saturated rings. The quantitative estimate of drug-likeness (QED) is 0.856. The summed E-state index contributed by atoms with van der Waals surface area (Å²) in [5.74, 6) is 3.77. The molecule has 1 aliphatic carbocycles. The summed E-state index contributed by atoms with van der Waals surface area (Å²) in [5.41, 5.74) is 2.21. The van der Waals surface area contributed by atoms with Crippen LogP contribution in [-0.4, -0.2) is 17.4 Å². The molecule has 1 aromatic heterocycles. The van der Waals surface area contributed by atoms with Crippen LogP contribution in [-0.2, 0) is 4.79 Å². The highest BCUT2D eigenvalue weighted by molar-refractivity contribution is 8.16. The van der Waals surface area contributed by atoms with E-state index in [9.17, 15) is 4.79 Å². The minimum absolute atomic E-state index is 0.0447. The molecule has 2 aromatic rings. The van der Waals surface area contributed by atoms with Crippen molar-refractivity contribution in [3.63, 3.8) is 0 Å². The average Bonchev–Trinajstić information content (AvgIpc) is 3.22. The zero-order valence-corrected chi connectivity index (χ0v) is 14.4. The molecule has 4 rings (SSSR count). The number of hydrogen-bond acceptors (Lipinski definition) is 4. The van der Waals surface area contributed by atoms with Gasteiger partial charge in [0.1, 0.15) is 5.76 Å². The van der Waals surface area contributed by atoms with E-state index in [1.807, 2.05) is 47.8 Å². The van der Waals surface area contributed by atoms with Gasteiger partial charge >= 0.3 is 0 Å². The van der Waals surface area contributed by atoms with Crippen molar-refractivity contribution in [3.8, 4) is 0 Å². The van der Waals surface area contributed by atoms with Crippen LogP contribution in [0.1, 0.15) is 34.7 Å². The first kappa shape index (κ1) is 15.2.